The minimum Gasteiger partial charge on any atom is -0.459 e. The average molecular weight is 430 g/mol. The molecule has 1 heterocycles. The minimum atomic E-state index is -0.652. The van der Waals surface area contributed by atoms with Gasteiger partial charge < -0.3 is 9.47 Å². The van der Waals surface area contributed by atoms with Crippen molar-refractivity contribution in [2.24, 2.45) is 5.92 Å². The van der Waals surface area contributed by atoms with Gasteiger partial charge in [0, 0.05) is 11.6 Å². The van der Waals surface area contributed by atoms with Gasteiger partial charge in [-0.15, -0.1) is 0 Å². The third-order valence-corrected chi connectivity index (χ3v) is 5.20. The summed E-state index contributed by atoms with van der Waals surface area (Å²) >= 11 is 5.97. The first-order valence-electron chi connectivity index (χ1n) is 10.2. The van der Waals surface area contributed by atoms with E-state index in [1.807, 2.05) is 75.4 Å². The van der Waals surface area contributed by atoms with Crippen LogP contribution < -0.4 is 0 Å². The van der Waals surface area contributed by atoms with E-state index >= 15 is 0 Å². The van der Waals surface area contributed by atoms with Gasteiger partial charge in [-0.1, -0.05) is 54.1 Å². The Labute approximate surface area is 182 Å². The Morgan fingerprint density at radius 2 is 1.70 bits per heavy atom. The molecule has 0 saturated carbocycles. The lowest BCUT2D eigenvalue weighted by Crippen LogP contribution is -2.44. The highest BCUT2D eigenvalue weighted by molar-refractivity contribution is 6.30. The van der Waals surface area contributed by atoms with Crippen LogP contribution >= 0.6 is 11.6 Å². The molecular weight excluding hydrogens is 402 g/mol. The van der Waals surface area contributed by atoms with Crippen molar-refractivity contribution >= 4 is 23.7 Å². The molecule has 2 aromatic rings. The van der Waals surface area contributed by atoms with Gasteiger partial charge in [0.25, 0.3) is 0 Å². The molecule has 1 amide bonds. The van der Waals surface area contributed by atoms with E-state index in [1.54, 1.807) is 0 Å². The van der Waals surface area contributed by atoms with Crippen LogP contribution in [0.3, 0.4) is 0 Å². The van der Waals surface area contributed by atoms with Crippen LogP contribution in [0.2, 0.25) is 5.02 Å². The number of likely N-dealkylation sites (tertiary alicyclic amines) is 1. The fourth-order valence-electron chi connectivity index (χ4n) is 3.60. The lowest BCUT2D eigenvalue weighted by Gasteiger charge is -2.27. The van der Waals surface area contributed by atoms with Crippen molar-refractivity contribution in [2.75, 3.05) is 6.54 Å². The smallest absolute Gasteiger partial charge is 0.411 e. The van der Waals surface area contributed by atoms with Crippen molar-refractivity contribution in [1.82, 2.24) is 4.90 Å². The lowest BCUT2D eigenvalue weighted by atomic mass is 9.97. The summed E-state index contributed by atoms with van der Waals surface area (Å²) in [4.78, 5) is 27.1. The molecule has 1 aliphatic rings. The maximum absolute atomic E-state index is 12.9. The number of carbonyl (C=O) groups is 2. The van der Waals surface area contributed by atoms with Gasteiger partial charge in [-0.25, -0.2) is 9.59 Å². The quantitative estimate of drug-likeness (QED) is 0.609. The van der Waals surface area contributed by atoms with Crippen LogP contribution in [-0.2, 0) is 27.3 Å². The molecule has 0 N–H and O–H groups in total. The molecule has 0 aliphatic carbocycles. The maximum atomic E-state index is 12.9. The molecule has 160 valence electrons. The van der Waals surface area contributed by atoms with E-state index in [9.17, 15) is 9.59 Å². The van der Waals surface area contributed by atoms with Gasteiger partial charge >= 0.3 is 12.1 Å². The third-order valence-electron chi connectivity index (χ3n) is 4.95. The maximum Gasteiger partial charge on any atom is 0.411 e. The minimum absolute atomic E-state index is 0.132. The van der Waals surface area contributed by atoms with Gasteiger partial charge in [-0.2, -0.15) is 0 Å². The number of benzene rings is 2. The predicted octanol–water partition coefficient (Wildman–Crippen LogP) is 5.25. The van der Waals surface area contributed by atoms with Crippen molar-refractivity contribution in [3.8, 4) is 0 Å². The molecule has 6 heteroatoms. The van der Waals surface area contributed by atoms with E-state index in [0.29, 0.717) is 18.0 Å². The van der Waals surface area contributed by atoms with Crippen LogP contribution in [0.4, 0.5) is 4.79 Å². The van der Waals surface area contributed by atoms with Crippen LogP contribution in [0.15, 0.2) is 54.6 Å². The van der Waals surface area contributed by atoms with Gasteiger partial charge in [0.15, 0.2) is 0 Å². The van der Waals surface area contributed by atoms with E-state index in [-0.39, 0.29) is 12.5 Å². The van der Waals surface area contributed by atoms with Crippen molar-refractivity contribution in [2.45, 2.75) is 51.9 Å². The molecule has 0 spiro atoms. The van der Waals surface area contributed by atoms with Crippen molar-refractivity contribution in [1.29, 1.82) is 0 Å². The zero-order valence-corrected chi connectivity index (χ0v) is 18.4. The van der Waals surface area contributed by atoms with E-state index < -0.39 is 23.7 Å². The van der Waals surface area contributed by atoms with Crippen molar-refractivity contribution in [3.63, 3.8) is 0 Å². The number of hydrogen-bond donors (Lipinski definition) is 0. The Kier molecular flexibility index (Phi) is 7.03. The first kappa shape index (κ1) is 22.2. The van der Waals surface area contributed by atoms with Gasteiger partial charge in [-0.05, 0) is 62.8 Å². The summed E-state index contributed by atoms with van der Waals surface area (Å²) in [6.07, 6.45) is 0.803. The summed E-state index contributed by atoms with van der Waals surface area (Å²) in [7, 11) is 0. The fraction of sp³-hybridized carbons (Fsp3) is 0.417. The molecule has 1 saturated heterocycles. The zero-order chi connectivity index (χ0) is 21.7. The molecule has 30 heavy (non-hydrogen) atoms. The molecule has 1 fully saturated rings. The third kappa shape index (κ3) is 6.23. The summed E-state index contributed by atoms with van der Waals surface area (Å²) in [6, 6.07) is 16.5. The van der Waals surface area contributed by atoms with Crippen LogP contribution in [0.1, 0.15) is 38.3 Å². The Hall–Kier alpha value is -2.53. The number of hydrogen-bond acceptors (Lipinski definition) is 4. The summed E-state index contributed by atoms with van der Waals surface area (Å²) in [6.45, 7) is 6.07. The first-order chi connectivity index (χ1) is 14.2. The molecule has 0 unspecified atom stereocenters. The number of esters is 1. The average Bonchev–Trinajstić information content (AvgIpc) is 3.11. The van der Waals surface area contributed by atoms with E-state index in [4.69, 9.17) is 21.1 Å². The van der Waals surface area contributed by atoms with Crippen molar-refractivity contribution < 1.29 is 19.1 Å². The molecule has 0 bridgehead atoms. The predicted molar refractivity (Wildman–Crippen MR) is 116 cm³/mol. The van der Waals surface area contributed by atoms with E-state index in [1.165, 1.54) is 4.90 Å². The van der Waals surface area contributed by atoms with E-state index in [0.717, 1.165) is 17.5 Å². The normalized spacial score (nSPS) is 18.9. The SMILES string of the molecule is CC(C)(C)OC(=O)N1C[C@@H](Cc2ccc(Cl)cc2)C[C@@H]1C(=O)OCc1ccccc1. The van der Waals surface area contributed by atoms with Crippen LogP contribution in [-0.4, -0.2) is 35.2 Å². The largest absolute Gasteiger partial charge is 0.459 e. The molecule has 2 aromatic carbocycles. The second-order valence-corrected chi connectivity index (χ2v) is 9.11. The number of ether oxygens (including phenoxy) is 2. The van der Waals surface area contributed by atoms with Crippen LogP contribution in [0.25, 0.3) is 0 Å². The highest BCUT2D eigenvalue weighted by Gasteiger charge is 2.42. The Bertz CT molecular complexity index is 861. The fourth-order valence-corrected chi connectivity index (χ4v) is 3.72. The Morgan fingerprint density at radius 1 is 1.03 bits per heavy atom. The zero-order valence-electron chi connectivity index (χ0n) is 17.6. The highest BCUT2D eigenvalue weighted by atomic mass is 35.5. The number of rotatable bonds is 5. The molecule has 1 aliphatic heterocycles. The van der Waals surface area contributed by atoms with Gasteiger partial charge in [0.1, 0.15) is 18.2 Å². The molecule has 0 radical (unpaired) electrons. The monoisotopic (exact) mass is 429 g/mol. The van der Waals surface area contributed by atoms with Gasteiger partial charge in [-0.3, -0.25) is 4.90 Å². The highest BCUT2D eigenvalue weighted by Crippen LogP contribution is 2.29. The summed E-state index contributed by atoms with van der Waals surface area (Å²) < 4.78 is 11.1. The topological polar surface area (TPSA) is 55.8 Å². The van der Waals surface area contributed by atoms with Crippen molar-refractivity contribution in [3.05, 3.63) is 70.7 Å². The Balaban J connectivity index is 1.70. The molecule has 3 rings (SSSR count). The summed E-state index contributed by atoms with van der Waals surface area (Å²) in [5.41, 5.74) is 1.39. The molecule has 0 aromatic heterocycles. The van der Waals surface area contributed by atoms with Crippen LogP contribution in [0.5, 0.6) is 0 Å². The van der Waals surface area contributed by atoms with E-state index in [2.05, 4.69) is 0 Å². The molecular formula is C24H28ClNO4. The van der Waals surface area contributed by atoms with Gasteiger partial charge in [0.05, 0.1) is 0 Å². The summed E-state index contributed by atoms with van der Waals surface area (Å²) in [5.74, 6) is -0.267. The van der Waals surface area contributed by atoms with Crippen LogP contribution in [0, 0.1) is 5.92 Å². The standard InChI is InChI=1S/C24H28ClNO4/c1-24(2,3)30-23(28)26-15-19(13-17-9-11-20(25)12-10-17)14-21(26)22(27)29-16-18-7-5-4-6-8-18/h4-12,19,21H,13-16H2,1-3H3/t19-,21+/m0/s1. The number of nitrogens with zero attached hydrogens (tertiary/aromatic N) is 1. The Morgan fingerprint density at radius 3 is 2.33 bits per heavy atom. The number of amides is 1. The second kappa shape index (κ2) is 9.52. The molecule has 5 nitrogen and oxygen atoms in total. The number of halogens is 1. The van der Waals surface area contributed by atoms with Gasteiger partial charge in [0.2, 0.25) is 0 Å². The molecule has 2 atom stereocenters. The second-order valence-electron chi connectivity index (χ2n) is 8.67. The number of carbonyl (C=O) groups excluding carboxylic acids is 2. The summed E-state index contributed by atoms with van der Waals surface area (Å²) in [5, 5.41) is 0.683. The lowest BCUT2D eigenvalue weighted by molar-refractivity contribution is -0.150. The first-order valence-corrected chi connectivity index (χ1v) is 10.5.